The molecular formula is C32H26ClF6N5O5. The van der Waals surface area contributed by atoms with Crippen LogP contribution in [0.4, 0.5) is 26.3 Å². The minimum Gasteiger partial charge on any atom is -0.496 e. The summed E-state index contributed by atoms with van der Waals surface area (Å²) < 4.78 is 98.2. The lowest BCUT2D eigenvalue weighted by Crippen LogP contribution is -2.53. The van der Waals surface area contributed by atoms with Crippen molar-refractivity contribution in [1.82, 2.24) is 24.5 Å². The van der Waals surface area contributed by atoms with E-state index in [4.69, 9.17) is 21.1 Å². The fraction of sp³-hybridized carbons (Fsp3) is 0.281. The van der Waals surface area contributed by atoms with Crippen molar-refractivity contribution in [1.29, 1.82) is 0 Å². The number of alkyl halides is 3. The van der Waals surface area contributed by atoms with Crippen LogP contribution in [0.25, 0.3) is 28.1 Å². The van der Waals surface area contributed by atoms with Gasteiger partial charge < -0.3 is 24.8 Å². The lowest BCUT2D eigenvalue weighted by Gasteiger charge is -2.42. The van der Waals surface area contributed by atoms with E-state index in [1.165, 1.54) is 20.2 Å². The molecule has 0 spiro atoms. The predicted molar refractivity (Wildman–Crippen MR) is 161 cm³/mol. The molecule has 0 saturated carbocycles. The lowest BCUT2D eigenvalue weighted by molar-refractivity contribution is -0.210. The summed E-state index contributed by atoms with van der Waals surface area (Å²) in [7, 11) is 1.37. The van der Waals surface area contributed by atoms with E-state index < -0.39 is 71.9 Å². The van der Waals surface area contributed by atoms with Gasteiger partial charge >= 0.3 is 6.18 Å². The van der Waals surface area contributed by atoms with Crippen molar-refractivity contribution in [3.63, 3.8) is 0 Å². The number of rotatable bonds is 7. The highest BCUT2D eigenvalue weighted by Gasteiger charge is 2.49. The predicted octanol–water partition coefficient (Wildman–Crippen LogP) is 5.60. The van der Waals surface area contributed by atoms with Crippen LogP contribution in [0.2, 0.25) is 5.02 Å². The van der Waals surface area contributed by atoms with Crippen LogP contribution in [0.3, 0.4) is 0 Å². The van der Waals surface area contributed by atoms with E-state index in [1.807, 2.05) is 0 Å². The Bertz CT molecular complexity index is 2000. The molecule has 49 heavy (non-hydrogen) atoms. The van der Waals surface area contributed by atoms with Crippen LogP contribution in [0, 0.1) is 24.4 Å². The topological polar surface area (TPSA) is 128 Å². The second kappa shape index (κ2) is 13.1. The van der Waals surface area contributed by atoms with Crippen molar-refractivity contribution in [2.45, 2.75) is 43.6 Å². The highest BCUT2D eigenvalue weighted by molar-refractivity contribution is 6.30. The smallest absolute Gasteiger partial charge is 0.418 e. The zero-order valence-electron chi connectivity index (χ0n) is 25.4. The van der Waals surface area contributed by atoms with Crippen LogP contribution in [0.5, 0.6) is 5.75 Å². The summed E-state index contributed by atoms with van der Waals surface area (Å²) in [6, 6.07) is 9.22. The molecule has 5 aromatic rings. The summed E-state index contributed by atoms with van der Waals surface area (Å²) in [5.41, 5.74) is -1.44. The Morgan fingerprint density at radius 2 is 1.65 bits per heavy atom. The normalized spacial score (nSPS) is 21.3. The maximum Gasteiger partial charge on any atom is 0.418 e. The standard InChI is InChI=1S/C32H26ClF6N5O5/c1-14-40-31(44(41-14)22-11-16(33)7-8-19(22)32(37,38)39)30-29(47)27(28(46)24(13-45)49-30)43-12-18(15-9-20(34)25(36)21(35)10-15)26(42-43)17-5-3-4-6-23(17)48-2/h3-12,24,27-30,45-47H,13H2,1-2H3/t24?,27?,28-,29-,30+/m0/s1. The molecule has 2 unspecified atom stereocenters. The molecule has 1 fully saturated rings. The molecule has 0 bridgehead atoms. The van der Waals surface area contributed by atoms with E-state index in [2.05, 4.69) is 15.2 Å². The summed E-state index contributed by atoms with van der Waals surface area (Å²) in [5.74, 6) is -4.74. The third-order valence-electron chi connectivity index (χ3n) is 8.07. The van der Waals surface area contributed by atoms with E-state index in [0.717, 1.165) is 39.7 Å². The molecule has 1 aliphatic heterocycles. The maximum absolute atomic E-state index is 14.4. The molecule has 1 aliphatic rings. The molecule has 258 valence electrons. The number of benzene rings is 3. The third-order valence-corrected chi connectivity index (χ3v) is 8.31. The highest BCUT2D eigenvalue weighted by atomic mass is 35.5. The number of aliphatic hydroxyl groups is 3. The number of aryl methyl sites for hydroxylation is 1. The van der Waals surface area contributed by atoms with Crippen molar-refractivity contribution in [3.8, 4) is 33.8 Å². The maximum atomic E-state index is 14.4. The monoisotopic (exact) mass is 709 g/mol. The number of hydrogen-bond donors (Lipinski definition) is 3. The van der Waals surface area contributed by atoms with Crippen LogP contribution in [0.1, 0.15) is 29.4 Å². The first-order chi connectivity index (χ1) is 23.2. The quantitative estimate of drug-likeness (QED) is 0.147. The summed E-state index contributed by atoms with van der Waals surface area (Å²) >= 11 is 6.06. The number of nitrogens with zero attached hydrogens (tertiary/aromatic N) is 5. The minimum atomic E-state index is -4.85. The molecule has 0 radical (unpaired) electrons. The fourth-order valence-corrected chi connectivity index (χ4v) is 6.01. The summed E-state index contributed by atoms with van der Waals surface area (Å²) in [5, 5.41) is 41.9. The molecule has 17 heteroatoms. The van der Waals surface area contributed by atoms with Crippen LogP contribution in [-0.4, -0.2) is 71.9 Å². The van der Waals surface area contributed by atoms with E-state index >= 15 is 0 Å². The van der Waals surface area contributed by atoms with Gasteiger partial charge in [0, 0.05) is 22.3 Å². The van der Waals surface area contributed by atoms with Crippen molar-refractivity contribution < 1.29 is 51.1 Å². The van der Waals surface area contributed by atoms with E-state index in [9.17, 15) is 41.7 Å². The first kappa shape index (κ1) is 34.4. The van der Waals surface area contributed by atoms with Crippen molar-refractivity contribution in [2.24, 2.45) is 0 Å². The highest BCUT2D eigenvalue weighted by Crippen LogP contribution is 2.43. The largest absolute Gasteiger partial charge is 0.496 e. The molecule has 3 aromatic carbocycles. The van der Waals surface area contributed by atoms with Crippen LogP contribution >= 0.6 is 11.6 Å². The van der Waals surface area contributed by atoms with Crippen molar-refractivity contribution >= 4 is 11.6 Å². The molecular weight excluding hydrogens is 684 g/mol. The zero-order valence-corrected chi connectivity index (χ0v) is 26.2. The van der Waals surface area contributed by atoms with E-state index in [0.29, 0.717) is 5.56 Å². The number of aromatic nitrogens is 5. The Morgan fingerprint density at radius 1 is 0.959 bits per heavy atom. The Labute approximate surface area is 278 Å². The second-order valence-corrected chi connectivity index (χ2v) is 11.6. The Kier molecular flexibility index (Phi) is 9.19. The number of hydrogen-bond acceptors (Lipinski definition) is 8. The van der Waals surface area contributed by atoms with Gasteiger partial charge in [-0.2, -0.15) is 23.4 Å². The zero-order chi connectivity index (χ0) is 35.4. The third kappa shape index (κ3) is 6.25. The molecule has 0 amide bonds. The first-order valence-corrected chi connectivity index (χ1v) is 14.9. The van der Waals surface area contributed by atoms with Gasteiger partial charge in [-0.3, -0.25) is 4.68 Å². The Balaban J connectivity index is 1.52. The summed E-state index contributed by atoms with van der Waals surface area (Å²) in [4.78, 5) is 4.23. The lowest BCUT2D eigenvalue weighted by atomic mass is 9.92. The van der Waals surface area contributed by atoms with Crippen LogP contribution < -0.4 is 4.74 Å². The van der Waals surface area contributed by atoms with Gasteiger partial charge in [0.15, 0.2) is 23.3 Å². The van der Waals surface area contributed by atoms with Crippen LogP contribution in [-0.2, 0) is 10.9 Å². The van der Waals surface area contributed by atoms with E-state index in [1.54, 1.807) is 24.3 Å². The van der Waals surface area contributed by atoms with Gasteiger partial charge in [-0.15, -0.1) is 0 Å². The average Bonchev–Trinajstić information content (AvgIpc) is 3.67. The number of para-hydroxylation sites is 1. The molecule has 10 nitrogen and oxygen atoms in total. The number of ether oxygens (including phenoxy) is 2. The second-order valence-electron chi connectivity index (χ2n) is 11.2. The molecule has 1 saturated heterocycles. The average molecular weight is 710 g/mol. The number of halogens is 7. The van der Waals surface area contributed by atoms with Gasteiger partial charge in [0.2, 0.25) is 0 Å². The SMILES string of the molecule is COc1ccccc1-c1nn(C2[C@@H](O)C(CO)O[C@@H](c3nc(C)nn3-c3cc(Cl)ccc3C(F)(F)F)[C@H]2O)cc1-c1cc(F)c(F)c(F)c1. The molecule has 2 aromatic heterocycles. The fourth-order valence-electron chi connectivity index (χ4n) is 5.85. The van der Waals surface area contributed by atoms with Gasteiger partial charge in [0.05, 0.1) is 25.0 Å². The molecule has 3 heterocycles. The summed E-state index contributed by atoms with van der Waals surface area (Å²) in [6.07, 6.45) is -10.2. The molecule has 6 rings (SSSR count). The minimum absolute atomic E-state index is 0.0117. The van der Waals surface area contributed by atoms with E-state index in [-0.39, 0.29) is 39.2 Å². The molecule has 0 aliphatic carbocycles. The van der Waals surface area contributed by atoms with Crippen molar-refractivity contribution in [2.75, 3.05) is 13.7 Å². The van der Waals surface area contributed by atoms with Gasteiger partial charge in [-0.1, -0.05) is 23.7 Å². The summed E-state index contributed by atoms with van der Waals surface area (Å²) in [6.45, 7) is 0.573. The number of aliphatic hydroxyl groups excluding tert-OH is 3. The Morgan fingerprint density at radius 3 is 2.31 bits per heavy atom. The van der Waals surface area contributed by atoms with Crippen molar-refractivity contribution in [3.05, 3.63) is 100 Å². The molecule has 5 atom stereocenters. The Hall–Kier alpha value is -4.48. The molecule has 3 N–H and O–H groups in total. The van der Waals surface area contributed by atoms with Gasteiger partial charge in [0.1, 0.15) is 47.7 Å². The number of methoxy groups -OCH3 is 1. The van der Waals surface area contributed by atoms with Crippen LogP contribution in [0.15, 0.2) is 60.8 Å². The van der Waals surface area contributed by atoms with Gasteiger partial charge in [-0.05, 0) is 55.0 Å². The first-order valence-electron chi connectivity index (χ1n) is 14.5. The van der Waals surface area contributed by atoms with Gasteiger partial charge in [0.25, 0.3) is 0 Å². The van der Waals surface area contributed by atoms with Gasteiger partial charge in [-0.25, -0.2) is 22.8 Å².